The van der Waals surface area contributed by atoms with Gasteiger partial charge in [0.15, 0.2) is 0 Å². The van der Waals surface area contributed by atoms with Crippen molar-refractivity contribution >= 4 is 0 Å². The van der Waals surface area contributed by atoms with Crippen LogP contribution in [0.3, 0.4) is 0 Å². The molecule has 2 nitrogen and oxygen atoms in total. The van der Waals surface area contributed by atoms with Crippen LogP contribution in [0.1, 0.15) is 5.56 Å². The Morgan fingerprint density at radius 3 is 2.64 bits per heavy atom. The molecule has 6 heteroatoms. The van der Waals surface area contributed by atoms with E-state index < -0.39 is 18.9 Å². The van der Waals surface area contributed by atoms with E-state index in [2.05, 4.69) is 9.73 Å². The van der Waals surface area contributed by atoms with E-state index in [1.54, 1.807) is 6.07 Å². The molecule has 0 spiro atoms. The first-order valence-electron chi connectivity index (χ1n) is 3.90. The highest BCUT2D eigenvalue weighted by Gasteiger charge is 2.39. The Balaban J connectivity index is 2.28. The fourth-order valence-electron chi connectivity index (χ4n) is 0.844. The highest BCUT2D eigenvalue weighted by molar-refractivity contribution is 5.04. The lowest BCUT2D eigenvalue weighted by Crippen LogP contribution is -2.38. The quantitative estimate of drug-likeness (QED) is 0.756. The topological polar surface area (TPSA) is 25.2 Å². The maximum absolute atomic E-state index is 12.3. The van der Waals surface area contributed by atoms with Crippen LogP contribution in [-0.2, 0) is 6.54 Å². The van der Waals surface area contributed by atoms with Crippen LogP contribution >= 0.6 is 0 Å². The smallest absolute Gasteiger partial charge is 0.319 e. The molecular formula is C8H9F4NO. The second kappa shape index (κ2) is 4.45. The Morgan fingerprint density at radius 2 is 2.14 bits per heavy atom. The molecule has 0 fully saturated rings. The van der Waals surface area contributed by atoms with Gasteiger partial charge in [0, 0.05) is 12.1 Å². The van der Waals surface area contributed by atoms with Crippen molar-refractivity contribution in [1.29, 1.82) is 0 Å². The van der Waals surface area contributed by atoms with Gasteiger partial charge in [-0.1, -0.05) is 0 Å². The number of alkyl halides is 4. The van der Waals surface area contributed by atoms with Crippen molar-refractivity contribution in [2.24, 2.45) is 0 Å². The molecule has 1 rings (SSSR count). The van der Waals surface area contributed by atoms with Crippen LogP contribution in [0.2, 0.25) is 0 Å². The third kappa shape index (κ3) is 3.02. The molecule has 0 amide bonds. The van der Waals surface area contributed by atoms with Gasteiger partial charge in [0.1, 0.15) is 0 Å². The molecule has 0 aliphatic rings. The molecule has 1 aromatic heterocycles. The minimum atomic E-state index is -3.98. The minimum absolute atomic E-state index is 0.0822. The second-order valence-electron chi connectivity index (χ2n) is 2.80. The lowest BCUT2D eigenvalue weighted by atomic mass is 10.3. The van der Waals surface area contributed by atoms with Crippen LogP contribution in [-0.4, -0.2) is 18.9 Å². The van der Waals surface area contributed by atoms with Crippen LogP contribution in [0, 0.1) is 0 Å². The zero-order valence-corrected chi connectivity index (χ0v) is 7.14. The Hall–Kier alpha value is -1.04. The van der Waals surface area contributed by atoms with E-state index in [0.29, 0.717) is 5.56 Å². The largest absolute Gasteiger partial charge is 0.472 e. The first-order valence-corrected chi connectivity index (χ1v) is 3.90. The van der Waals surface area contributed by atoms with Gasteiger partial charge in [0.2, 0.25) is 0 Å². The average molecular weight is 211 g/mol. The van der Waals surface area contributed by atoms with Gasteiger partial charge in [-0.2, -0.15) is 8.78 Å². The number of furan rings is 1. The lowest BCUT2D eigenvalue weighted by Gasteiger charge is -2.15. The normalized spacial score (nSPS) is 12.4. The number of hydrogen-bond donors (Lipinski definition) is 1. The molecule has 1 heterocycles. The van der Waals surface area contributed by atoms with Crippen LogP contribution < -0.4 is 5.32 Å². The monoisotopic (exact) mass is 211 g/mol. The van der Waals surface area contributed by atoms with Crippen LogP contribution in [0.4, 0.5) is 17.6 Å². The molecule has 0 atom stereocenters. The SMILES string of the molecule is FC(F)C(F)(F)CNCc1ccoc1. The summed E-state index contributed by atoms with van der Waals surface area (Å²) in [5.74, 6) is -3.98. The highest BCUT2D eigenvalue weighted by Crippen LogP contribution is 2.21. The second-order valence-corrected chi connectivity index (χ2v) is 2.80. The van der Waals surface area contributed by atoms with Crippen molar-refractivity contribution in [1.82, 2.24) is 5.32 Å². The number of rotatable bonds is 5. The third-order valence-electron chi connectivity index (χ3n) is 1.59. The standard InChI is InChI=1S/C8H9F4NO/c9-7(10)8(11,12)5-13-3-6-1-2-14-4-6/h1-2,4,7,13H,3,5H2. The van der Waals surface area contributed by atoms with Crippen molar-refractivity contribution < 1.29 is 22.0 Å². The predicted octanol–water partition coefficient (Wildman–Crippen LogP) is 2.27. The average Bonchev–Trinajstić information content (AvgIpc) is 2.56. The number of nitrogens with one attached hydrogen (secondary N) is 1. The van der Waals surface area contributed by atoms with Crippen LogP contribution in [0.5, 0.6) is 0 Å². The molecule has 0 bridgehead atoms. The maximum Gasteiger partial charge on any atom is 0.319 e. The van der Waals surface area contributed by atoms with Gasteiger partial charge in [-0.25, -0.2) is 8.78 Å². The molecule has 1 N–H and O–H groups in total. The molecule has 0 aromatic carbocycles. The van der Waals surface area contributed by atoms with Gasteiger partial charge in [-0.05, 0) is 6.07 Å². The van der Waals surface area contributed by atoms with Gasteiger partial charge in [-0.3, -0.25) is 0 Å². The molecule has 80 valence electrons. The molecule has 0 aliphatic carbocycles. The van der Waals surface area contributed by atoms with E-state index in [-0.39, 0.29) is 6.54 Å². The molecule has 14 heavy (non-hydrogen) atoms. The Bertz CT molecular complexity index is 260. The van der Waals surface area contributed by atoms with Crippen molar-refractivity contribution in [2.75, 3.05) is 6.54 Å². The summed E-state index contributed by atoms with van der Waals surface area (Å²) >= 11 is 0. The maximum atomic E-state index is 12.3. The highest BCUT2D eigenvalue weighted by atomic mass is 19.3. The molecule has 0 radical (unpaired) electrons. The molecule has 0 saturated carbocycles. The van der Waals surface area contributed by atoms with Crippen LogP contribution in [0.25, 0.3) is 0 Å². The summed E-state index contributed by atoms with van der Waals surface area (Å²) in [6, 6.07) is 1.56. The summed E-state index contributed by atoms with van der Waals surface area (Å²) < 4.78 is 52.7. The van der Waals surface area contributed by atoms with Gasteiger partial charge in [-0.15, -0.1) is 0 Å². The molecule has 0 saturated heterocycles. The fourth-order valence-corrected chi connectivity index (χ4v) is 0.844. The molecule has 1 aromatic rings. The van der Waals surface area contributed by atoms with E-state index in [9.17, 15) is 17.6 Å². The summed E-state index contributed by atoms with van der Waals surface area (Å²) in [5, 5.41) is 2.22. The minimum Gasteiger partial charge on any atom is -0.472 e. The molecular weight excluding hydrogens is 202 g/mol. The van der Waals surface area contributed by atoms with Gasteiger partial charge < -0.3 is 9.73 Å². The number of hydrogen-bond acceptors (Lipinski definition) is 2. The van der Waals surface area contributed by atoms with E-state index in [1.807, 2.05) is 0 Å². The van der Waals surface area contributed by atoms with Gasteiger partial charge in [0.05, 0.1) is 19.1 Å². The Kier molecular flexibility index (Phi) is 3.51. The van der Waals surface area contributed by atoms with Gasteiger partial charge in [0.25, 0.3) is 0 Å². The lowest BCUT2D eigenvalue weighted by molar-refractivity contribution is -0.125. The Labute approximate surface area is 77.9 Å². The van der Waals surface area contributed by atoms with E-state index in [1.165, 1.54) is 12.5 Å². The fraction of sp³-hybridized carbons (Fsp3) is 0.500. The van der Waals surface area contributed by atoms with E-state index >= 15 is 0 Å². The number of halogens is 4. The molecule has 0 unspecified atom stereocenters. The zero-order chi connectivity index (χ0) is 10.6. The van der Waals surface area contributed by atoms with Crippen molar-refractivity contribution in [3.8, 4) is 0 Å². The van der Waals surface area contributed by atoms with E-state index in [0.717, 1.165) is 0 Å². The van der Waals surface area contributed by atoms with Gasteiger partial charge >= 0.3 is 12.3 Å². The Morgan fingerprint density at radius 1 is 1.43 bits per heavy atom. The summed E-state index contributed by atoms with van der Waals surface area (Å²) in [7, 11) is 0. The first kappa shape index (κ1) is 11.0. The summed E-state index contributed by atoms with van der Waals surface area (Å²) in [6.45, 7) is -0.964. The van der Waals surface area contributed by atoms with Crippen molar-refractivity contribution in [3.63, 3.8) is 0 Å². The third-order valence-corrected chi connectivity index (χ3v) is 1.59. The molecule has 0 aliphatic heterocycles. The summed E-state index contributed by atoms with van der Waals surface area (Å²) in [6.07, 6.45) is -0.908. The zero-order valence-electron chi connectivity index (χ0n) is 7.14. The van der Waals surface area contributed by atoms with Crippen LogP contribution in [0.15, 0.2) is 23.0 Å². The van der Waals surface area contributed by atoms with Crippen molar-refractivity contribution in [3.05, 3.63) is 24.2 Å². The van der Waals surface area contributed by atoms with E-state index in [4.69, 9.17) is 0 Å². The first-order chi connectivity index (χ1) is 6.52. The van der Waals surface area contributed by atoms with Crippen molar-refractivity contribution in [2.45, 2.75) is 18.9 Å². The summed E-state index contributed by atoms with van der Waals surface area (Å²) in [4.78, 5) is 0. The predicted molar refractivity (Wildman–Crippen MR) is 41.4 cm³/mol. The summed E-state index contributed by atoms with van der Waals surface area (Å²) in [5.41, 5.74) is 0.634.